The molecule has 14 heavy (non-hydrogen) atoms. The minimum atomic E-state index is -0.476. The Morgan fingerprint density at radius 2 is 2.14 bits per heavy atom. The van der Waals surface area contributed by atoms with Gasteiger partial charge in [0.25, 0.3) is 0 Å². The Hall–Kier alpha value is -1.19. The van der Waals surface area contributed by atoms with Crippen LogP contribution in [0.1, 0.15) is 34.1 Å². The quantitative estimate of drug-likeness (QED) is 0.689. The highest BCUT2D eigenvalue weighted by atomic mass is 16.6. The van der Waals surface area contributed by atoms with E-state index in [1.807, 2.05) is 27.7 Å². The van der Waals surface area contributed by atoms with Gasteiger partial charge in [-0.1, -0.05) is 0 Å². The summed E-state index contributed by atoms with van der Waals surface area (Å²) in [6.45, 7) is 7.27. The highest BCUT2D eigenvalue weighted by Gasteiger charge is 2.16. The van der Waals surface area contributed by atoms with Crippen molar-refractivity contribution in [3.8, 4) is 0 Å². The molecule has 1 atom stereocenters. The monoisotopic (exact) mass is 201 g/mol. The minimum Gasteiger partial charge on any atom is -0.516 e. The summed E-state index contributed by atoms with van der Waals surface area (Å²) < 4.78 is 5.05. The molecule has 82 valence electrons. The summed E-state index contributed by atoms with van der Waals surface area (Å²) in [5.74, 6) is 0. The van der Waals surface area contributed by atoms with Gasteiger partial charge in [0, 0.05) is 6.04 Å². The van der Waals surface area contributed by atoms with Crippen LogP contribution in [0.5, 0.6) is 0 Å². The van der Waals surface area contributed by atoms with E-state index in [1.165, 1.54) is 0 Å². The number of aliphatic hydroxyl groups excluding tert-OH is 1. The molecule has 2 N–H and O–H groups in total. The maximum Gasteiger partial charge on any atom is 0.407 e. The zero-order valence-electron chi connectivity index (χ0n) is 9.20. The Morgan fingerprint density at radius 1 is 1.57 bits per heavy atom. The molecule has 0 saturated heterocycles. The molecule has 0 fully saturated rings. The third-order valence-corrected chi connectivity index (χ3v) is 1.36. The standard InChI is InChI=1S/C10H19NO3/c1-8(6-5-7-12)11-9(13)14-10(2,3)4/h5,7-8,12H,6H2,1-4H3,(H,11,13). The second-order valence-electron chi connectivity index (χ2n) is 4.17. The van der Waals surface area contributed by atoms with Crippen LogP contribution >= 0.6 is 0 Å². The average Bonchev–Trinajstić information content (AvgIpc) is 1.96. The molecule has 0 saturated carbocycles. The molecule has 0 aliphatic rings. The van der Waals surface area contributed by atoms with Crippen LogP contribution in [0.2, 0.25) is 0 Å². The van der Waals surface area contributed by atoms with Crippen LogP contribution in [0.4, 0.5) is 4.79 Å². The normalized spacial score (nSPS) is 14.0. The van der Waals surface area contributed by atoms with Gasteiger partial charge in [-0.05, 0) is 40.2 Å². The first-order chi connectivity index (χ1) is 6.35. The van der Waals surface area contributed by atoms with Gasteiger partial charge in [-0.15, -0.1) is 0 Å². The highest BCUT2D eigenvalue weighted by Crippen LogP contribution is 2.07. The Labute approximate surface area is 85.0 Å². The number of carbonyl (C=O) groups excluding carboxylic acids is 1. The Kier molecular flexibility index (Phi) is 5.05. The van der Waals surface area contributed by atoms with Crippen molar-refractivity contribution in [1.29, 1.82) is 0 Å². The van der Waals surface area contributed by atoms with E-state index in [2.05, 4.69) is 5.32 Å². The van der Waals surface area contributed by atoms with Crippen molar-refractivity contribution in [3.63, 3.8) is 0 Å². The summed E-state index contributed by atoms with van der Waals surface area (Å²) in [4.78, 5) is 11.2. The van der Waals surface area contributed by atoms with E-state index in [4.69, 9.17) is 9.84 Å². The molecule has 4 heteroatoms. The van der Waals surface area contributed by atoms with Crippen LogP contribution in [0, 0.1) is 0 Å². The number of nitrogens with one attached hydrogen (secondary N) is 1. The minimum absolute atomic E-state index is 0.0479. The fourth-order valence-electron chi connectivity index (χ4n) is 0.833. The molecule has 0 aromatic rings. The van der Waals surface area contributed by atoms with Crippen LogP contribution in [0.25, 0.3) is 0 Å². The van der Waals surface area contributed by atoms with E-state index in [9.17, 15) is 4.79 Å². The van der Waals surface area contributed by atoms with Crippen molar-refractivity contribution < 1.29 is 14.6 Å². The van der Waals surface area contributed by atoms with E-state index in [-0.39, 0.29) is 6.04 Å². The second kappa shape index (κ2) is 5.52. The average molecular weight is 201 g/mol. The summed E-state index contributed by atoms with van der Waals surface area (Å²) in [7, 11) is 0. The lowest BCUT2D eigenvalue weighted by molar-refractivity contribution is 0.0509. The maximum atomic E-state index is 11.2. The molecule has 0 aliphatic heterocycles. The zero-order chi connectivity index (χ0) is 11.2. The summed E-state index contributed by atoms with van der Waals surface area (Å²) >= 11 is 0. The third kappa shape index (κ3) is 7.46. The molecule has 0 heterocycles. The molecule has 0 radical (unpaired) electrons. The van der Waals surface area contributed by atoms with Crippen molar-refractivity contribution in [2.75, 3.05) is 0 Å². The number of hydrogen-bond donors (Lipinski definition) is 2. The van der Waals surface area contributed by atoms with Crippen LogP contribution in [-0.4, -0.2) is 22.8 Å². The number of aliphatic hydroxyl groups is 1. The summed E-state index contributed by atoms with van der Waals surface area (Å²) in [5.41, 5.74) is -0.476. The van der Waals surface area contributed by atoms with E-state index < -0.39 is 11.7 Å². The molecular weight excluding hydrogens is 182 g/mol. The topological polar surface area (TPSA) is 58.6 Å². The van der Waals surface area contributed by atoms with E-state index in [0.29, 0.717) is 6.42 Å². The van der Waals surface area contributed by atoms with Gasteiger partial charge >= 0.3 is 6.09 Å². The van der Waals surface area contributed by atoms with Gasteiger partial charge in [-0.2, -0.15) is 0 Å². The lowest BCUT2D eigenvalue weighted by Gasteiger charge is -2.21. The molecule has 0 aromatic carbocycles. The van der Waals surface area contributed by atoms with Crippen molar-refractivity contribution in [2.24, 2.45) is 0 Å². The first-order valence-corrected chi connectivity index (χ1v) is 4.64. The molecule has 4 nitrogen and oxygen atoms in total. The number of carbonyl (C=O) groups is 1. The van der Waals surface area contributed by atoms with Crippen LogP contribution in [-0.2, 0) is 4.74 Å². The fraction of sp³-hybridized carbons (Fsp3) is 0.700. The Bertz CT molecular complexity index is 206. The molecule has 0 aliphatic carbocycles. The first kappa shape index (κ1) is 12.8. The van der Waals surface area contributed by atoms with Gasteiger partial charge in [0.05, 0.1) is 6.26 Å². The number of alkyl carbamates (subject to hydrolysis) is 1. The molecule has 1 amide bonds. The van der Waals surface area contributed by atoms with Crippen LogP contribution in [0.3, 0.4) is 0 Å². The number of ether oxygens (including phenoxy) is 1. The highest BCUT2D eigenvalue weighted by molar-refractivity contribution is 5.68. The van der Waals surface area contributed by atoms with E-state index >= 15 is 0 Å². The van der Waals surface area contributed by atoms with Gasteiger partial charge < -0.3 is 15.2 Å². The van der Waals surface area contributed by atoms with Crippen molar-refractivity contribution in [1.82, 2.24) is 5.32 Å². The summed E-state index contributed by atoms with van der Waals surface area (Å²) in [6.07, 6.45) is 2.68. The molecular formula is C10H19NO3. The van der Waals surface area contributed by atoms with Gasteiger partial charge in [-0.3, -0.25) is 0 Å². The Morgan fingerprint density at radius 3 is 2.57 bits per heavy atom. The van der Waals surface area contributed by atoms with Crippen LogP contribution in [0.15, 0.2) is 12.3 Å². The van der Waals surface area contributed by atoms with Gasteiger partial charge in [0.15, 0.2) is 0 Å². The molecule has 0 spiro atoms. The molecule has 0 aromatic heterocycles. The van der Waals surface area contributed by atoms with E-state index in [1.54, 1.807) is 6.08 Å². The molecule has 0 bridgehead atoms. The summed E-state index contributed by atoms with van der Waals surface area (Å²) in [5, 5.41) is 11.1. The van der Waals surface area contributed by atoms with Crippen LogP contribution < -0.4 is 5.32 Å². The largest absolute Gasteiger partial charge is 0.516 e. The third-order valence-electron chi connectivity index (χ3n) is 1.36. The predicted molar refractivity (Wildman–Crippen MR) is 55.2 cm³/mol. The predicted octanol–water partition coefficient (Wildman–Crippen LogP) is 2.36. The first-order valence-electron chi connectivity index (χ1n) is 4.64. The number of rotatable bonds is 3. The number of hydrogen-bond acceptors (Lipinski definition) is 3. The van der Waals surface area contributed by atoms with Gasteiger partial charge in [0.2, 0.25) is 0 Å². The second-order valence-corrected chi connectivity index (χ2v) is 4.17. The van der Waals surface area contributed by atoms with Gasteiger partial charge in [0.1, 0.15) is 5.60 Å². The molecule has 0 rings (SSSR count). The lowest BCUT2D eigenvalue weighted by atomic mass is 10.2. The molecule has 1 unspecified atom stereocenters. The zero-order valence-corrected chi connectivity index (χ0v) is 9.20. The maximum absolute atomic E-state index is 11.2. The van der Waals surface area contributed by atoms with Crippen molar-refractivity contribution in [2.45, 2.75) is 45.8 Å². The smallest absolute Gasteiger partial charge is 0.407 e. The SMILES string of the molecule is CC(CC=CO)NC(=O)OC(C)(C)C. The summed E-state index contributed by atoms with van der Waals surface area (Å²) in [6, 6.07) is -0.0479. The lowest BCUT2D eigenvalue weighted by Crippen LogP contribution is -2.37. The fourth-order valence-corrected chi connectivity index (χ4v) is 0.833. The van der Waals surface area contributed by atoms with Gasteiger partial charge in [-0.25, -0.2) is 4.79 Å². The van der Waals surface area contributed by atoms with Crippen molar-refractivity contribution >= 4 is 6.09 Å². The Balaban J connectivity index is 3.83. The number of amides is 1. The van der Waals surface area contributed by atoms with E-state index in [0.717, 1.165) is 6.26 Å². The van der Waals surface area contributed by atoms with Crippen molar-refractivity contribution in [3.05, 3.63) is 12.3 Å².